The molecule has 12 heavy (non-hydrogen) atoms. The van der Waals surface area contributed by atoms with Gasteiger partial charge in [-0.1, -0.05) is 32.4 Å². The van der Waals surface area contributed by atoms with Crippen LogP contribution in [0.4, 0.5) is 0 Å². The van der Waals surface area contributed by atoms with Gasteiger partial charge in [0.25, 0.3) is 0 Å². The van der Waals surface area contributed by atoms with Gasteiger partial charge in [-0.05, 0) is 19.1 Å². The third-order valence-electron chi connectivity index (χ3n) is 1.11. The quantitative estimate of drug-likeness (QED) is 0.282. The molecule has 0 aromatic heterocycles. The molecule has 64 valence electrons. The van der Waals surface area contributed by atoms with Crippen molar-refractivity contribution in [1.82, 2.24) is 0 Å². The summed E-state index contributed by atoms with van der Waals surface area (Å²) in [7, 11) is 0. The van der Waals surface area contributed by atoms with Gasteiger partial charge in [0, 0.05) is 0 Å². The number of allylic oxidation sites excluding steroid dienone is 3. The summed E-state index contributed by atoms with van der Waals surface area (Å²) < 4.78 is 4.68. The Bertz CT molecular complexity index is 141. The Morgan fingerprint density at radius 3 is 2.58 bits per heavy atom. The molecule has 0 saturated heterocycles. The molecular weight excluding hydrogens is 147 g/mol. The van der Waals surface area contributed by atoms with Gasteiger partial charge in [0.1, 0.15) is 0 Å². The zero-order valence-corrected chi connectivity index (χ0v) is 8.17. The zero-order chi connectivity index (χ0) is 8.53. The van der Waals surface area contributed by atoms with Gasteiger partial charge >= 0.3 is 18.9 Å². The smallest absolute Gasteiger partial charge is 0.614 e. The van der Waals surface area contributed by atoms with E-state index >= 15 is 0 Å². The fourth-order valence-corrected chi connectivity index (χ4v) is 0.600. The molecule has 0 rings (SSSR count). The molecule has 0 aromatic carbocycles. The minimum absolute atomic E-state index is 0. The molecule has 0 fully saturated rings. The molecule has 0 aliphatic carbocycles. The molecule has 0 unspecified atom stereocenters. The van der Waals surface area contributed by atoms with E-state index < -0.39 is 0 Å². The first-order chi connectivity index (χ1) is 5.31. The number of ether oxygens (including phenoxy) is 1. The van der Waals surface area contributed by atoms with Crippen LogP contribution >= 0.6 is 0 Å². The van der Waals surface area contributed by atoms with E-state index in [0.717, 1.165) is 12.8 Å². The second-order valence-electron chi connectivity index (χ2n) is 2.14. The summed E-state index contributed by atoms with van der Waals surface area (Å²) in [5.41, 5.74) is 0. The Morgan fingerprint density at radius 2 is 2.08 bits per heavy atom. The van der Waals surface area contributed by atoms with Crippen LogP contribution in [0.5, 0.6) is 0 Å². The summed E-state index contributed by atoms with van der Waals surface area (Å²) in [5.74, 6) is -0.264. The van der Waals surface area contributed by atoms with E-state index in [-0.39, 0.29) is 24.8 Å². The molecule has 0 amide bonds. The Balaban J connectivity index is 0. The molecule has 0 atom stereocenters. The minimum atomic E-state index is -0.264. The van der Waals surface area contributed by atoms with Gasteiger partial charge < -0.3 is 9.84 Å². The normalized spacial score (nSPS) is 11.3. The predicted molar refractivity (Wildman–Crippen MR) is 43.8 cm³/mol. The molecule has 0 heterocycles. The topological polar surface area (TPSA) is 32.3 Å². The zero-order valence-electron chi connectivity index (χ0n) is 8.17. The van der Waals surface area contributed by atoms with E-state index in [2.05, 4.69) is 11.7 Å². The van der Waals surface area contributed by atoms with Crippen molar-refractivity contribution < 1.29 is 28.7 Å². The van der Waals surface area contributed by atoms with E-state index in [4.69, 9.17) is 0 Å². The van der Waals surface area contributed by atoms with Crippen LogP contribution in [0, 0.1) is 0 Å². The summed E-state index contributed by atoms with van der Waals surface area (Å²) >= 11 is 0. The van der Waals surface area contributed by atoms with Crippen molar-refractivity contribution in [1.29, 1.82) is 0 Å². The average molecular weight is 162 g/mol. The van der Waals surface area contributed by atoms with Crippen LogP contribution in [0.3, 0.4) is 0 Å². The monoisotopic (exact) mass is 162 g/mol. The van der Waals surface area contributed by atoms with Gasteiger partial charge in [0.05, 0.1) is 5.95 Å². The Kier molecular flexibility index (Phi) is 12.6. The second-order valence-corrected chi connectivity index (χ2v) is 2.14. The summed E-state index contributed by atoms with van der Waals surface area (Å²) in [6.07, 6.45) is 7.25. The maximum Gasteiger partial charge on any atom is 1.00 e. The summed E-state index contributed by atoms with van der Waals surface area (Å²) in [6, 6.07) is 0. The number of rotatable bonds is 5. The Hall–Kier alpha value is -0.323. The number of unbranched alkanes of at least 4 members (excludes halogenated alkanes) is 1. The predicted octanol–water partition coefficient (Wildman–Crippen LogP) is -1.42. The molecule has 0 spiro atoms. The third kappa shape index (κ3) is 9.68. The molecular formula is C9H15LiO2. The van der Waals surface area contributed by atoms with E-state index in [9.17, 15) is 5.11 Å². The van der Waals surface area contributed by atoms with Crippen LogP contribution in [-0.4, -0.2) is 6.61 Å². The molecule has 3 heteroatoms. The van der Waals surface area contributed by atoms with Gasteiger partial charge in [0.2, 0.25) is 0 Å². The fraction of sp³-hybridized carbons (Fsp3) is 0.556. The van der Waals surface area contributed by atoms with E-state index in [1.807, 2.05) is 6.08 Å². The first-order valence-corrected chi connectivity index (χ1v) is 3.97. The van der Waals surface area contributed by atoms with Crippen molar-refractivity contribution in [3.8, 4) is 0 Å². The maximum atomic E-state index is 10.7. The van der Waals surface area contributed by atoms with Gasteiger partial charge in [0.15, 0.2) is 0 Å². The Labute approximate surface area is 86.5 Å². The van der Waals surface area contributed by atoms with Crippen molar-refractivity contribution in [2.75, 3.05) is 6.61 Å². The number of hydrogen-bond donors (Lipinski definition) is 0. The Morgan fingerprint density at radius 1 is 1.42 bits per heavy atom. The maximum absolute atomic E-state index is 10.7. The SMILES string of the molecule is CCC/C=C\C=C(/[O-])OCC.[Li+]. The van der Waals surface area contributed by atoms with E-state index in [0.29, 0.717) is 6.61 Å². The van der Waals surface area contributed by atoms with Crippen molar-refractivity contribution >= 4 is 0 Å². The van der Waals surface area contributed by atoms with Crippen LogP contribution in [-0.2, 0) is 4.74 Å². The van der Waals surface area contributed by atoms with Crippen LogP contribution in [0.15, 0.2) is 24.2 Å². The summed E-state index contributed by atoms with van der Waals surface area (Å²) in [5, 5.41) is 10.7. The fourth-order valence-electron chi connectivity index (χ4n) is 0.600. The molecule has 0 aromatic rings. The standard InChI is InChI=1S/C9H16O2.Li/c1-3-5-6-7-8-9(10)11-4-2;/h6-8,10H,3-5H2,1-2H3;/q;+1/p-1/b7-6-,9-8+;. The second kappa shape index (κ2) is 10.7. The molecule has 0 radical (unpaired) electrons. The summed E-state index contributed by atoms with van der Waals surface area (Å²) in [6.45, 7) is 4.33. The minimum Gasteiger partial charge on any atom is -0.614 e. The van der Waals surface area contributed by atoms with Gasteiger partial charge in [-0.25, -0.2) is 0 Å². The van der Waals surface area contributed by atoms with Crippen molar-refractivity contribution in [2.24, 2.45) is 0 Å². The van der Waals surface area contributed by atoms with Crippen molar-refractivity contribution in [3.05, 3.63) is 24.2 Å². The molecule has 0 aliphatic heterocycles. The van der Waals surface area contributed by atoms with E-state index in [1.54, 1.807) is 13.0 Å². The van der Waals surface area contributed by atoms with Crippen molar-refractivity contribution in [3.63, 3.8) is 0 Å². The van der Waals surface area contributed by atoms with Gasteiger partial charge in [-0.2, -0.15) is 0 Å². The molecule has 2 nitrogen and oxygen atoms in total. The molecule has 0 N–H and O–H groups in total. The first-order valence-electron chi connectivity index (χ1n) is 3.97. The first kappa shape index (κ1) is 14.2. The average Bonchev–Trinajstić information content (AvgIpc) is 1.99. The molecule has 0 bridgehead atoms. The van der Waals surface area contributed by atoms with Crippen molar-refractivity contribution in [2.45, 2.75) is 26.7 Å². The largest absolute Gasteiger partial charge is 1.00 e. The van der Waals surface area contributed by atoms with E-state index in [1.165, 1.54) is 6.08 Å². The van der Waals surface area contributed by atoms with Crippen LogP contribution < -0.4 is 24.0 Å². The van der Waals surface area contributed by atoms with Crippen LogP contribution in [0.25, 0.3) is 0 Å². The van der Waals surface area contributed by atoms with Crippen LogP contribution in [0.1, 0.15) is 26.7 Å². The summed E-state index contributed by atoms with van der Waals surface area (Å²) in [4.78, 5) is 0. The third-order valence-corrected chi connectivity index (χ3v) is 1.11. The molecule has 0 saturated carbocycles. The molecule has 0 aliphatic rings. The van der Waals surface area contributed by atoms with Crippen LogP contribution in [0.2, 0.25) is 0 Å². The number of hydrogen-bond acceptors (Lipinski definition) is 2. The van der Waals surface area contributed by atoms with Gasteiger partial charge in [-0.3, -0.25) is 0 Å². The van der Waals surface area contributed by atoms with Gasteiger partial charge in [-0.15, -0.1) is 0 Å².